The molecule has 0 saturated heterocycles. The van der Waals surface area contributed by atoms with Crippen LogP contribution in [0.4, 0.5) is 0 Å². The Morgan fingerprint density at radius 2 is 2.19 bits per heavy atom. The molecule has 0 aliphatic carbocycles. The molecule has 1 aromatic heterocycles. The summed E-state index contributed by atoms with van der Waals surface area (Å²) in [5.41, 5.74) is 1.36. The van der Waals surface area contributed by atoms with Crippen molar-refractivity contribution in [3.05, 3.63) is 56.2 Å². The Labute approximate surface area is 132 Å². The number of nitrogens with one attached hydrogen (secondary N) is 1. The first-order valence-corrected chi connectivity index (χ1v) is 7.53. The summed E-state index contributed by atoms with van der Waals surface area (Å²) in [6.07, 6.45) is 0. The first-order valence-electron chi connectivity index (χ1n) is 6.33. The SMILES string of the molecule is Cc1c(Cl)cccc1C(=O)NCc1ccc(C#CCO)s1. The maximum Gasteiger partial charge on any atom is 0.251 e. The Morgan fingerprint density at radius 1 is 1.38 bits per heavy atom. The largest absolute Gasteiger partial charge is 0.384 e. The molecule has 2 aromatic rings. The highest BCUT2D eigenvalue weighted by Gasteiger charge is 2.10. The van der Waals surface area contributed by atoms with Crippen LogP contribution in [0.5, 0.6) is 0 Å². The van der Waals surface area contributed by atoms with Gasteiger partial charge in [-0.1, -0.05) is 29.5 Å². The van der Waals surface area contributed by atoms with Crippen molar-refractivity contribution >= 4 is 28.8 Å². The third-order valence-corrected chi connectivity index (χ3v) is 4.30. The number of rotatable bonds is 3. The number of thiophene rings is 1. The fourth-order valence-electron chi connectivity index (χ4n) is 1.78. The fraction of sp³-hybridized carbons (Fsp3) is 0.188. The molecule has 0 bridgehead atoms. The summed E-state index contributed by atoms with van der Waals surface area (Å²) >= 11 is 7.51. The molecular formula is C16H14ClNO2S. The number of aliphatic hydroxyl groups excluding tert-OH is 1. The molecule has 5 heteroatoms. The summed E-state index contributed by atoms with van der Waals surface area (Å²) in [7, 11) is 0. The van der Waals surface area contributed by atoms with Gasteiger partial charge in [-0.2, -0.15) is 0 Å². The van der Waals surface area contributed by atoms with Gasteiger partial charge in [0.05, 0.1) is 11.4 Å². The Bertz CT molecular complexity index is 713. The molecule has 0 atom stereocenters. The van der Waals surface area contributed by atoms with E-state index in [1.807, 2.05) is 19.1 Å². The molecule has 1 amide bonds. The summed E-state index contributed by atoms with van der Waals surface area (Å²) in [6, 6.07) is 9.07. The number of halogens is 1. The number of hydrogen-bond acceptors (Lipinski definition) is 3. The highest BCUT2D eigenvalue weighted by molar-refractivity contribution is 7.12. The van der Waals surface area contributed by atoms with Crippen LogP contribution in [-0.2, 0) is 6.54 Å². The molecule has 108 valence electrons. The van der Waals surface area contributed by atoms with E-state index in [4.69, 9.17) is 16.7 Å². The van der Waals surface area contributed by atoms with E-state index in [1.165, 1.54) is 11.3 Å². The fourth-order valence-corrected chi connectivity index (χ4v) is 2.78. The average molecular weight is 320 g/mol. The molecule has 21 heavy (non-hydrogen) atoms. The summed E-state index contributed by atoms with van der Waals surface area (Å²) in [4.78, 5) is 14.0. The standard InChI is InChI=1S/C16H14ClNO2S/c1-11-14(5-2-6-15(11)17)16(20)18-10-13-8-7-12(21-13)4-3-9-19/h2,5-8,19H,9-10H2,1H3,(H,18,20). The minimum Gasteiger partial charge on any atom is -0.384 e. The van der Waals surface area contributed by atoms with E-state index in [0.29, 0.717) is 17.1 Å². The van der Waals surface area contributed by atoms with E-state index in [9.17, 15) is 4.79 Å². The van der Waals surface area contributed by atoms with Crippen molar-refractivity contribution in [2.45, 2.75) is 13.5 Å². The van der Waals surface area contributed by atoms with Crippen molar-refractivity contribution in [3.63, 3.8) is 0 Å². The number of amides is 1. The zero-order valence-corrected chi connectivity index (χ0v) is 13.0. The zero-order chi connectivity index (χ0) is 15.2. The predicted molar refractivity (Wildman–Crippen MR) is 85.6 cm³/mol. The van der Waals surface area contributed by atoms with Gasteiger partial charge >= 0.3 is 0 Å². The normalized spacial score (nSPS) is 9.86. The Balaban J connectivity index is 2.01. The molecule has 0 fully saturated rings. The van der Waals surface area contributed by atoms with Crippen LogP contribution in [0.15, 0.2) is 30.3 Å². The number of aliphatic hydroxyl groups is 1. The number of benzene rings is 1. The lowest BCUT2D eigenvalue weighted by atomic mass is 10.1. The minimum absolute atomic E-state index is 0.147. The monoisotopic (exact) mass is 319 g/mol. The lowest BCUT2D eigenvalue weighted by Crippen LogP contribution is -2.23. The van der Waals surface area contributed by atoms with Crippen LogP contribution in [0, 0.1) is 18.8 Å². The molecule has 0 spiro atoms. The topological polar surface area (TPSA) is 49.3 Å². The molecule has 1 aromatic carbocycles. The van der Waals surface area contributed by atoms with Gasteiger partial charge in [0.25, 0.3) is 5.91 Å². The predicted octanol–water partition coefficient (Wildman–Crippen LogP) is 2.98. The van der Waals surface area contributed by atoms with Gasteiger partial charge in [-0.3, -0.25) is 4.79 Å². The maximum absolute atomic E-state index is 12.1. The Hall–Kier alpha value is -1.80. The van der Waals surface area contributed by atoms with Crippen molar-refractivity contribution in [1.29, 1.82) is 0 Å². The second-order valence-corrected chi connectivity index (χ2v) is 5.90. The number of carbonyl (C=O) groups excluding carboxylic acids is 1. The van der Waals surface area contributed by atoms with Gasteiger partial charge in [0, 0.05) is 15.5 Å². The third-order valence-electron chi connectivity index (χ3n) is 2.89. The van der Waals surface area contributed by atoms with Gasteiger partial charge in [0.15, 0.2) is 0 Å². The molecule has 0 radical (unpaired) electrons. The van der Waals surface area contributed by atoms with Crippen LogP contribution in [-0.4, -0.2) is 17.6 Å². The van der Waals surface area contributed by atoms with E-state index in [0.717, 1.165) is 15.3 Å². The van der Waals surface area contributed by atoms with E-state index < -0.39 is 0 Å². The van der Waals surface area contributed by atoms with Gasteiger partial charge in [-0.25, -0.2) is 0 Å². The highest BCUT2D eigenvalue weighted by Crippen LogP contribution is 2.19. The molecule has 0 aliphatic heterocycles. The van der Waals surface area contributed by atoms with Crippen LogP contribution in [0.2, 0.25) is 5.02 Å². The average Bonchev–Trinajstić information content (AvgIpc) is 2.93. The van der Waals surface area contributed by atoms with Crippen molar-refractivity contribution in [3.8, 4) is 11.8 Å². The molecule has 0 aliphatic rings. The summed E-state index contributed by atoms with van der Waals surface area (Å²) in [5.74, 6) is 5.29. The van der Waals surface area contributed by atoms with Crippen molar-refractivity contribution in [1.82, 2.24) is 5.32 Å². The molecule has 0 unspecified atom stereocenters. The maximum atomic E-state index is 12.1. The van der Waals surface area contributed by atoms with Crippen molar-refractivity contribution in [2.24, 2.45) is 0 Å². The smallest absolute Gasteiger partial charge is 0.251 e. The Kier molecular flexibility index (Phi) is 5.40. The first-order chi connectivity index (χ1) is 10.1. The number of carbonyl (C=O) groups is 1. The molecule has 2 N–H and O–H groups in total. The van der Waals surface area contributed by atoms with Gasteiger partial charge in [0.2, 0.25) is 0 Å². The lowest BCUT2D eigenvalue weighted by molar-refractivity contribution is 0.0950. The van der Waals surface area contributed by atoms with Crippen LogP contribution in [0.3, 0.4) is 0 Å². The Morgan fingerprint density at radius 3 is 2.95 bits per heavy atom. The number of hydrogen-bond donors (Lipinski definition) is 2. The first kappa shape index (κ1) is 15.6. The van der Waals surface area contributed by atoms with Crippen LogP contribution in [0.25, 0.3) is 0 Å². The molecule has 0 saturated carbocycles. The van der Waals surface area contributed by atoms with E-state index in [2.05, 4.69) is 17.2 Å². The molecule has 3 nitrogen and oxygen atoms in total. The van der Waals surface area contributed by atoms with Gasteiger partial charge in [-0.15, -0.1) is 11.3 Å². The molecular weight excluding hydrogens is 306 g/mol. The molecule has 1 heterocycles. The lowest BCUT2D eigenvalue weighted by Gasteiger charge is -2.07. The van der Waals surface area contributed by atoms with E-state index in [-0.39, 0.29) is 12.5 Å². The van der Waals surface area contributed by atoms with Crippen LogP contribution < -0.4 is 5.32 Å². The quantitative estimate of drug-likeness (QED) is 0.855. The second-order valence-electron chi connectivity index (χ2n) is 4.32. The summed E-state index contributed by atoms with van der Waals surface area (Å²) in [5, 5.41) is 12.1. The van der Waals surface area contributed by atoms with Crippen LogP contribution >= 0.6 is 22.9 Å². The van der Waals surface area contributed by atoms with Crippen molar-refractivity contribution in [2.75, 3.05) is 6.61 Å². The van der Waals surface area contributed by atoms with Gasteiger partial charge in [-0.05, 0) is 36.8 Å². The minimum atomic E-state index is -0.155. The zero-order valence-electron chi connectivity index (χ0n) is 11.4. The van der Waals surface area contributed by atoms with Gasteiger partial charge in [0.1, 0.15) is 6.61 Å². The molecule has 2 rings (SSSR count). The van der Waals surface area contributed by atoms with Gasteiger partial charge < -0.3 is 10.4 Å². The second kappa shape index (κ2) is 7.28. The summed E-state index contributed by atoms with van der Waals surface area (Å²) < 4.78 is 0. The van der Waals surface area contributed by atoms with Crippen LogP contribution in [0.1, 0.15) is 25.7 Å². The van der Waals surface area contributed by atoms with Crippen molar-refractivity contribution < 1.29 is 9.90 Å². The summed E-state index contributed by atoms with van der Waals surface area (Å²) in [6.45, 7) is 2.11. The van der Waals surface area contributed by atoms with E-state index in [1.54, 1.807) is 18.2 Å². The third kappa shape index (κ3) is 4.08. The highest BCUT2D eigenvalue weighted by atomic mass is 35.5. The van der Waals surface area contributed by atoms with E-state index >= 15 is 0 Å².